The monoisotopic (exact) mass is 333 g/mol. The van der Waals surface area contributed by atoms with Crippen LogP contribution in [0.25, 0.3) is 0 Å². The van der Waals surface area contributed by atoms with Crippen LogP contribution >= 0.6 is 27.5 Å². The van der Waals surface area contributed by atoms with Crippen LogP contribution in [0.2, 0.25) is 0 Å². The minimum Gasteiger partial charge on any atom is -0.296 e. The minimum absolute atomic E-state index is 0.275. The molecule has 0 radical (unpaired) electrons. The molecule has 0 N–H and O–H groups in total. The van der Waals surface area contributed by atoms with Crippen LogP contribution in [-0.2, 0) is 13.1 Å². The number of nitrogens with zero attached hydrogens (tertiary/aromatic N) is 3. The average molecular weight is 335 g/mol. The van der Waals surface area contributed by atoms with E-state index in [9.17, 15) is 0 Å². The van der Waals surface area contributed by atoms with Crippen molar-refractivity contribution in [1.29, 1.82) is 0 Å². The predicted molar refractivity (Wildman–Crippen MR) is 79.0 cm³/mol. The van der Waals surface area contributed by atoms with Crippen molar-refractivity contribution < 1.29 is 0 Å². The first-order chi connectivity index (χ1) is 8.52. The second-order valence-corrected chi connectivity index (χ2v) is 6.53. The summed E-state index contributed by atoms with van der Waals surface area (Å²) in [5, 5.41) is 4.81. The summed E-state index contributed by atoms with van der Waals surface area (Å²) in [6.07, 6.45) is 1.19. The molecule has 1 aliphatic rings. The van der Waals surface area contributed by atoms with Gasteiger partial charge in [0.05, 0.1) is 15.9 Å². The molecule has 0 aromatic carbocycles. The molecule has 0 spiro atoms. The topological polar surface area (TPSA) is 21.1 Å². The molecule has 0 saturated carbocycles. The van der Waals surface area contributed by atoms with Crippen LogP contribution in [0.5, 0.6) is 0 Å². The first-order valence-electron chi connectivity index (χ1n) is 6.61. The number of halogens is 2. The van der Waals surface area contributed by atoms with Gasteiger partial charge in [-0.05, 0) is 48.7 Å². The second-order valence-electron chi connectivity index (χ2n) is 5.18. The number of aromatic nitrogens is 2. The zero-order chi connectivity index (χ0) is 13.3. The van der Waals surface area contributed by atoms with Gasteiger partial charge >= 0.3 is 0 Å². The fourth-order valence-corrected chi connectivity index (χ4v) is 3.19. The number of alkyl halides is 1. The lowest BCUT2D eigenvalue weighted by atomic mass is 9.98. The summed E-state index contributed by atoms with van der Waals surface area (Å²) in [6, 6.07) is 0. The first-order valence-corrected chi connectivity index (χ1v) is 7.84. The molecule has 5 heteroatoms. The van der Waals surface area contributed by atoms with E-state index in [2.05, 4.69) is 44.5 Å². The van der Waals surface area contributed by atoms with E-state index in [4.69, 9.17) is 11.6 Å². The summed E-state index contributed by atoms with van der Waals surface area (Å²) in [4.78, 5) is 2.44. The molecule has 1 aromatic heterocycles. The van der Waals surface area contributed by atoms with Crippen molar-refractivity contribution in [3.05, 3.63) is 15.9 Å². The number of likely N-dealkylation sites (tertiary alicyclic amines) is 1. The van der Waals surface area contributed by atoms with Gasteiger partial charge in [-0.2, -0.15) is 5.10 Å². The van der Waals surface area contributed by atoms with Crippen molar-refractivity contribution in [2.24, 2.45) is 5.92 Å². The van der Waals surface area contributed by atoms with Crippen LogP contribution < -0.4 is 0 Å². The van der Waals surface area contributed by atoms with Crippen molar-refractivity contribution in [3.8, 4) is 0 Å². The standard InChI is InChI=1S/C13H21BrClN3/c1-4-18-12(13(14)10(3)16-18)8-17-6-5-9(2)11(15)7-17/h9,11H,4-8H2,1-3H3. The van der Waals surface area contributed by atoms with Gasteiger partial charge in [-0.25, -0.2) is 0 Å². The highest BCUT2D eigenvalue weighted by atomic mass is 79.9. The third kappa shape index (κ3) is 2.91. The zero-order valence-corrected chi connectivity index (χ0v) is 13.6. The quantitative estimate of drug-likeness (QED) is 0.790. The van der Waals surface area contributed by atoms with Crippen LogP contribution in [0.1, 0.15) is 31.7 Å². The maximum Gasteiger partial charge on any atom is 0.0739 e. The number of aryl methyl sites for hydroxylation is 2. The lowest BCUT2D eigenvalue weighted by molar-refractivity contribution is 0.184. The van der Waals surface area contributed by atoms with Crippen LogP contribution in [-0.4, -0.2) is 33.1 Å². The maximum atomic E-state index is 6.37. The van der Waals surface area contributed by atoms with E-state index >= 15 is 0 Å². The summed E-state index contributed by atoms with van der Waals surface area (Å²) < 4.78 is 3.23. The zero-order valence-electron chi connectivity index (χ0n) is 11.3. The van der Waals surface area contributed by atoms with Crippen LogP contribution in [0.15, 0.2) is 4.47 Å². The Morgan fingerprint density at radius 1 is 1.50 bits per heavy atom. The molecule has 0 bridgehead atoms. The van der Waals surface area contributed by atoms with Crippen molar-refractivity contribution in [2.45, 2.75) is 45.7 Å². The van der Waals surface area contributed by atoms with Crippen LogP contribution in [0.3, 0.4) is 0 Å². The van der Waals surface area contributed by atoms with E-state index in [0.717, 1.165) is 36.3 Å². The Balaban J connectivity index is 2.10. The highest BCUT2D eigenvalue weighted by molar-refractivity contribution is 9.10. The fraction of sp³-hybridized carbons (Fsp3) is 0.769. The Morgan fingerprint density at radius 3 is 2.83 bits per heavy atom. The SMILES string of the molecule is CCn1nc(C)c(Br)c1CN1CCC(C)C(Cl)C1. The number of hydrogen-bond acceptors (Lipinski definition) is 2. The molecule has 102 valence electrons. The van der Waals surface area contributed by atoms with Gasteiger partial charge in [0, 0.05) is 25.0 Å². The Bertz CT molecular complexity index is 419. The average Bonchev–Trinajstić information content (AvgIpc) is 2.61. The summed E-state index contributed by atoms with van der Waals surface area (Å²) in [5.74, 6) is 0.629. The summed E-state index contributed by atoms with van der Waals surface area (Å²) >= 11 is 10.0. The van der Waals surface area contributed by atoms with E-state index in [1.54, 1.807) is 0 Å². The largest absolute Gasteiger partial charge is 0.296 e. The maximum absolute atomic E-state index is 6.37. The Hall–Kier alpha value is -0.0600. The molecule has 0 aliphatic carbocycles. The number of rotatable bonds is 3. The molecule has 2 unspecified atom stereocenters. The Morgan fingerprint density at radius 2 is 2.22 bits per heavy atom. The number of hydrogen-bond donors (Lipinski definition) is 0. The molecule has 3 nitrogen and oxygen atoms in total. The first kappa shape index (κ1) is 14.4. The Labute approximate surface area is 123 Å². The minimum atomic E-state index is 0.275. The molecule has 2 rings (SSSR count). The molecular formula is C13H21BrClN3. The van der Waals surface area contributed by atoms with Gasteiger partial charge in [0.2, 0.25) is 0 Å². The molecular weight excluding hydrogens is 314 g/mol. The fourth-order valence-electron chi connectivity index (χ4n) is 2.46. The van der Waals surface area contributed by atoms with Crippen molar-refractivity contribution >= 4 is 27.5 Å². The summed E-state index contributed by atoms with van der Waals surface area (Å²) in [7, 11) is 0. The van der Waals surface area contributed by atoms with E-state index in [0.29, 0.717) is 5.92 Å². The van der Waals surface area contributed by atoms with E-state index < -0.39 is 0 Å². The van der Waals surface area contributed by atoms with E-state index in [1.807, 2.05) is 6.92 Å². The third-order valence-corrected chi connectivity index (χ3v) is 5.38. The molecule has 2 heterocycles. The van der Waals surface area contributed by atoms with E-state index in [1.165, 1.54) is 12.1 Å². The Kier molecular flexibility index (Phi) is 4.73. The summed E-state index contributed by atoms with van der Waals surface area (Å²) in [5.41, 5.74) is 2.34. The highest BCUT2D eigenvalue weighted by Gasteiger charge is 2.25. The smallest absolute Gasteiger partial charge is 0.0739 e. The lowest BCUT2D eigenvalue weighted by Gasteiger charge is -2.34. The number of piperidine rings is 1. The van der Waals surface area contributed by atoms with Gasteiger partial charge in [0.25, 0.3) is 0 Å². The van der Waals surface area contributed by atoms with Gasteiger partial charge in [-0.3, -0.25) is 9.58 Å². The molecule has 1 aromatic rings. The van der Waals surface area contributed by atoms with Gasteiger partial charge < -0.3 is 0 Å². The molecule has 2 atom stereocenters. The van der Waals surface area contributed by atoms with E-state index in [-0.39, 0.29) is 5.38 Å². The molecule has 1 aliphatic heterocycles. The molecule has 1 fully saturated rings. The lowest BCUT2D eigenvalue weighted by Crippen LogP contribution is -2.40. The van der Waals surface area contributed by atoms with Gasteiger partial charge in [-0.15, -0.1) is 11.6 Å². The van der Waals surface area contributed by atoms with Gasteiger partial charge in [0.1, 0.15) is 0 Å². The third-order valence-electron chi connectivity index (χ3n) is 3.78. The van der Waals surface area contributed by atoms with Gasteiger partial charge in [-0.1, -0.05) is 6.92 Å². The van der Waals surface area contributed by atoms with Crippen LogP contribution in [0.4, 0.5) is 0 Å². The van der Waals surface area contributed by atoms with Crippen molar-refractivity contribution in [3.63, 3.8) is 0 Å². The normalized spacial score (nSPS) is 25.6. The van der Waals surface area contributed by atoms with Crippen molar-refractivity contribution in [2.75, 3.05) is 13.1 Å². The second kappa shape index (κ2) is 5.93. The van der Waals surface area contributed by atoms with Crippen molar-refractivity contribution in [1.82, 2.24) is 14.7 Å². The predicted octanol–water partition coefficient (Wildman–Crippen LogP) is 3.42. The molecule has 18 heavy (non-hydrogen) atoms. The summed E-state index contributed by atoms with van der Waals surface area (Å²) in [6.45, 7) is 10.4. The highest BCUT2D eigenvalue weighted by Crippen LogP contribution is 2.26. The van der Waals surface area contributed by atoms with Gasteiger partial charge in [0.15, 0.2) is 0 Å². The molecule has 0 amide bonds. The van der Waals surface area contributed by atoms with Crippen LogP contribution in [0, 0.1) is 12.8 Å². The molecule has 1 saturated heterocycles.